The van der Waals surface area contributed by atoms with Crippen LogP contribution in [0.2, 0.25) is 0 Å². The van der Waals surface area contributed by atoms with Crippen molar-refractivity contribution in [3.05, 3.63) is 52.8 Å². The predicted octanol–water partition coefficient (Wildman–Crippen LogP) is 2.94. The second-order valence-corrected chi connectivity index (χ2v) is 5.64. The van der Waals surface area contributed by atoms with Crippen molar-refractivity contribution in [2.75, 3.05) is 7.05 Å². The maximum absolute atomic E-state index is 5.89. The molecule has 1 fully saturated rings. The normalized spacial score (nSPS) is 15.8. The van der Waals surface area contributed by atoms with Crippen LogP contribution in [-0.2, 0) is 0 Å². The van der Waals surface area contributed by atoms with Gasteiger partial charge in [-0.25, -0.2) is 0 Å². The Balaban J connectivity index is 1.93. The van der Waals surface area contributed by atoms with Gasteiger partial charge >= 0.3 is 0 Å². The van der Waals surface area contributed by atoms with Crippen LogP contribution in [-0.4, -0.2) is 23.3 Å². The number of nitrogens with one attached hydrogen (secondary N) is 1. The molecule has 4 heteroatoms. The molecule has 0 amide bonds. The van der Waals surface area contributed by atoms with Crippen molar-refractivity contribution in [1.29, 1.82) is 0 Å². The van der Waals surface area contributed by atoms with Gasteiger partial charge in [0, 0.05) is 0 Å². The molecule has 1 aromatic heterocycles. The monoisotopic (exact) mass is 283 g/mol. The first-order chi connectivity index (χ1) is 10.2. The summed E-state index contributed by atoms with van der Waals surface area (Å²) in [6.45, 7) is 3.96. The Labute approximate surface area is 125 Å². The van der Waals surface area contributed by atoms with E-state index in [0.717, 1.165) is 22.7 Å². The topological polar surface area (TPSA) is 47.0 Å². The van der Waals surface area contributed by atoms with Crippen molar-refractivity contribution < 1.29 is 4.74 Å². The molecular formula is C17H21N3O. The minimum atomic E-state index is 0.0990. The lowest BCUT2D eigenvalue weighted by atomic mass is 9.97. The molecule has 3 rings (SSSR count). The Morgan fingerprint density at radius 2 is 2.00 bits per heavy atom. The molecule has 1 atom stereocenters. The molecular weight excluding hydrogens is 262 g/mol. The van der Waals surface area contributed by atoms with Crippen molar-refractivity contribution in [3.8, 4) is 5.75 Å². The SMILES string of the molecule is CNC(c1cccc(OC2CC2)c1)c1cc(C)nnc1C. The van der Waals surface area contributed by atoms with Crippen LogP contribution >= 0.6 is 0 Å². The lowest BCUT2D eigenvalue weighted by Crippen LogP contribution is -2.19. The standard InChI is InChI=1S/C17H21N3O/c1-11-9-16(12(2)20-19-11)17(18-3)13-5-4-6-15(10-13)21-14-7-8-14/h4-6,9-10,14,17-18H,7-8H2,1-3H3. The third kappa shape index (κ3) is 3.22. The molecule has 110 valence electrons. The number of benzene rings is 1. The van der Waals surface area contributed by atoms with Gasteiger partial charge in [0.25, 0.3) is 0 Å². The molecule has 2 aromatic rings. The van der Waals surface area contributed by atoms with E-state index in [9.17, 15) is 0 Å². The van der Waals surface area contributed by atoms with E-state index in [2.05, 4.69) is 33.7 Å². The summed E-state index contributed by atoms with van der Waals surface area (Å²) in [5.74, 6) is 0.951. The fourth-order valence-electron chi connectivity index (χ4n) is 2.51. The average Bonchev–Trinajstić information content (AvgIpc) is 3.28. The van der Waals surface area contributed by atoms with Gasteiger partial charge in [-0.05, 0) is 63.1 Å². The molecule has 0 spiro atoms. The lowest BCUT2D eigenvalue weighted by Gasteiger charge is -2.19. The smallest absolute Gasteiger partial charge is 0.120 e. The van der Waals surface area contributed by atoms with Crippen LogP contribution in [0.25, 0.3) is 0 Å². The van der Waals surface area contributed by atoms with E-state index in [1.54, 1.807) is 0 Å². The summed E-state index contributed by atoms with van der Waals surface area (Å²) in [6, 6.07) is 10.5. The van der Waals surface area contributed by atoms with E-state index >= 15 is 0 Å². The number of ether oxygens (including phenoxy) is 1. The number of rotatable bonds is 5. The van der Waals surface area contributed by atoms with Crippen LogP contribution in [0.3, 0.4) is 0 Å². The third-order valence-electron chi connectivity index (χ3n) is 3.76. The second kappa shape index (κ2) is 5.82. The minimum Gasteiger partial charge on any atom is -0.490 e. The zero-order valence-corrected chi connectivity index (χ0v) is 12.8. The molecule has 0 aliphatic heterocycles. The van der Waals surface area contributed by atoms with Crippen molar-refractivity contribution >= 4 is 0 Å². The summed E-state index contributed by atoms with van der Waals surface area (Å²) < 4.78 is 5.89. The Bertz CT molecular complexity index is 638. The van der Waals surface area contributed by atoms with Gasteiger partial charge in [0.05, 0.1) is 23.5 Å². The first-order valence-electron chi connectivity index (χ1n) is 7.42. The molecule has 1 unspecified atom stereocenters. The largest absolute Gasteiger partial charge is 0.490 e. The highest BCUT2D eigenvalue weighted by Crippen LogP contribution is 2.30. The van der Waals surface area contributed by atoms with Gasteiger partial charge in [-0.1, -0.05) is 12.1 Å². The molecule has 1 N–H and O–H groups in total. The van der Waals surface area contributed by atoms with E-state index in [1.807, 2.05) is 33.0 Å². The maximum atomic E-state index is 5.89. The average molecular weight is 283 g/mol. The van der Waals surface area contributed by atoms with Gasteiger partial charge in [-0.3, -0.25) is 0 Å². The van der Waals surface area contributed by atoms with E-state index in [4.69, 9.17) is 4.74 Å². The van der Waals surface area contributed by atoms with Gasteiger partial charge < -0.3 is 10.1 Å². The summed E-state index contributed by atoms with van der Waals surface area (Å²) in [7, 11) is 1.97. The number of hydrogen-bond donors (Lipinski definition) is 1. The quantitative estimate of drug-likeness (QED) is 0.916. The predicted molar refractivity (Wildman–Crippen MR) is 82.5 cm³/mol. The van der Waals surface area contributed by atoms with Gasteiger partial charge in [-0.15, -0.1) is 0 Å². The summed E-state index contributed by atoms with van der Waals surface area (Å²) in [6.07, 6.45) is 2.76. The first kappa shape index (κ1) is 14.0. The summed E-state index contributed by atoms with van der Waals surface area (Å²) in [4.78, 5) is 0. The molecule has 21 heavy (non-hydrogen) atoms. The van der Waals surface area contributed by atoms with Crippen molar-refractivity contribution in [2.24, 2.45) is 0 Å². The molecule has 0 radical (unpaired) electrons. The van der Waals surface area contributed by atoms with Crippen LogP contribution in [0.1, 0.15) is 41.4 Å². The minimum absolute atomic E-state index is 0.0990. The van der Waals surface area contributed by atoms with Gasteiger partial charge in [0.2, 0.25) is 0 Å². The highest BCUT2D eigenvalue weighted by atomic mass is 16.5. The second-order valence-electron chi connectivity index (χ2n) is 5.64. The van der Waals surface area contributed by atoms with Crippen LogP contribution in [0.15, 0.2) is 30.3 Å². The molecule has 1 saturated carbocycles. The van der Waals surface area contributed by atoms with Gasteiger partial charge in [0.1, 0.15) is 5.75 Å². The Morgan fingerprint density at radius 1 is 1.19 bits per heavy atom. The van der Waals surface area contributed by atoms with E-state index in [0.29, 0.717) is 6.10 Å². The molecule has 1 aliphatic carbocycles. The molecule has 1 aromatic carbocycles. The number of aromatic nitrogens is 2. The zero-order valence-electron chi connectivity index (χ0n) is 12.8. The first-order valence-corrected chi connectivity index (χ1v) is 7.42. The third-order valence-corrected chi connectivity index (χ3v) is 3.76. The molecule has 0 saturated heterocycles. The van der Waals surface area contributed by atoms with Crippen LogP contribution < -0.4 is 10.1 Å². The fourth-order valence-corrected chi connectivity index (χ4v) is 2.51. The van der Waals surface area contributed by atoms with Crippen molar-refractivity contribution in [1.82, 2.24) is 15.5 Å². The Kier molecular flexibility index (Phi) is 3.88. The zero-order chi connectivity index (χ0) is 14.8. The Hall–Kier alpha value is -1.94. The van der Waals surface area contributed by atoms with Crippen molar-refractivity contribution in [3.63, 3.8) is 0 Å². The molecule has 1 heterocycles. The molecule has 4 nitrogen and oxygen atoms in total. The van der Waals surface area contributed by atoms with E-state index in [1.165, 1.54) is 18.4 Å². The summed E-state index contributed by atoms with van der Waals surface area (Å²) in [5, 5.41) is 11.7. The highest BCUT2D eigenvalue weighted by Gasteiger charge is 2.24. The number of nitrogens with zero attached hydrogens (tertiary/aromatic N) is 2. The van der Waals surface area contributed by atoms with Gasteiger partial charge in [-0.2, -0.15) is 10.2 Å². The molecule has 0 bridgehead atoms. The highest BCUT2D eigenvalue weighted by molar-refractivity contribution is 5.38. The van der Waals surface area contributed by atoms with Gasteiger partial charge in [0.15, 0.2) is 0 Å². The molecule has 1 aliphatic rings. The number of aryl methyl sites for hydroxylation is 2. The van der Waals surface area contributed by atoms with E-state index in [-0.39, 0.29) is 6.04 Å². The Morgan fingerprint density at radius 3 is 2.71 bits per heavy atom. The summed E-state index contributed by atoms with van der Waals surface area (Å²) >= 11 is 0. The van der Waals surface area contributed by atoms with Crippen LogP contribution in [0.5, 0.6) is 5.75 Å². The van der Waals surface area contributed by atoms with Crippen molar-refractivity contribution in [2.45, 2.75) is 38.8 Å². The summed E-state index contributed by atoms with van der Waals surface area (Å²) in [5.41, 5.74) is 4.23. The van der Waals surface area contributed by atoms with Crippen LogP contribution in [0, 0.1) is 13.8 Å². The fraction of sp³-hybridized carbons (Fsp3) is 0.412. The lowest BCUT2D eigenvalue weighted by molar-refractivity contribution is 0.302. The van der Waals surface area contributed by atoms with Crippen LogP contribution in [0.4, 0.5) is 0 Å². The number of hydrogen-bond acceptors (Lipinski definition) is 4. The van der Waals surface area contributed by atoms with E-state index < -0.39 is 0 Å². The maximum Gasteiger partial charge on any atom is 0.120 e.